The van der Waals surface area contributed by atoms with E-state index < -0.39 is 0 Å². The van der Waals surface area contributed by atoms with E-state index in [1.165, 1.54) is 0 Å². The zero-order chi connectivity index (χ0) is 17.9. The maximum Gasteiger partial charge on any atom is 0.227 e. The highest BCUT2D eigenvalue weighted by atomic mass is 35.5. The van der Waals surface area contributed by atoms with Gasteiger partial charge in [0.1, 0.15) is 5.69 Å². The van der Waals surface area contributed by atoms with Crippen LogP contribution in [0.1, 0.15) is 0 Å². The first-order chi connectivity index (χ1) is 12.8. The normalized spacial score (nSPS) is 14.5. The van der Waals surface area contributed by atoms with Gasteiger partial charge in [-0.1, -0.05) is 23.7 Å². The maximum atomic E-state index is 6.39. The third kappa shape index (κ3) is 3.23. The van der Waals surface area contributed by atoms with Gasteiger partial charge in [-0.05, 0) is 18.2 Å². The van der Waals surface area contributed by atoms with Crippen molar-refractivity contribution in [1.82, 2.24) is 19.7 Å². The van der Waals surface area contributed by atoms with E-state index in [0.29, 0.717) is 35.8 Å². The summed E-state index contributed by atoms with van der Waals surface area (Å²) in [6.45, 7) is 2.76. The van der Waals surface area contributed by atoms with E-state index in [1.54, 1.807) is 18.0 Å². The first-order valence-electron chi connectivity index (χ1n) is 8.31. The number of aromatic nitrogens is 4. The average Bonchev–Trinajstić information content (AvgIpc) is 3.23. The molecule has 0 atom stereocenters. The molecule has 26 heavy (non-hydrogen) atoms. The lowest BCUT2D eigenvalue weighted by molar-refractivity contribution is 0.122. The van der Waals surface area contributed by atoms with Crippen molar-refractivity contribution in [2.24, 2.45) is 0 Å². The van der Waals surface area contributed by atoms with E-state index in [0.717, 1.165) is 24.3 Å². The van der Waals surface area contributed by atoms with Crippen molar-refractivity contribution in [3.63, 3.8) is 0 Å². The predicted octanol–water partition coefficient (Wildman–Crippen LogP) is 2.83. The van der Waals surface area contributed by atoms with Crippen LogP contribution in [0.15, 0.2) is 42.7 Å². The number of nitrogens with zero attached hydrogens (tertiary/aromatic N) is 5. The summed E-state index contributed by atoms with van der Waals surface area (Å²) < 4.78 is 12.7. The van der Waals surface area contributed by atoms with Crippen LogP contribution in [0.5, 0.6) is 5.75 Å². The molecule has 0 aliphatic carbocycles. The lowest BCUT2D eigenvalue weighted by Crippen LogP contribution is -2.37. The second-order valence-electron chi connectivity index (χ2n) is 5.80. The molecule has 0 N–H and O–H groups in total. The Bertz CT molecular complexity index is 895. The quantitative estimate of drug-likeness (QED) is 0.657. The van der Waals surface area contributed by atoms with Gasteiger partial charge in [-0.15, -0.1) is 0 Å². The minimum absolute atomic E-state index is 0.295. The summed E-state index contributed by atoms with van der Waals surface area (Å²) in [6.07, 6.45) is 3.63. The summed E-state index contributed by atoms with van der Waals surface area (Å²) in [5.74, 6) is 1.04. The van der Waals surface area contributed by atoms with Crippen LogP contribution in [0, 0.1) is 0 Å². The number of halogens is 1. The van der Waals surface area contributed by atoms with E-state index in [9.17, 15) is 0 Å². The zero-order valence-corrected chi connectivity index (χ0v) is 15.1. The summed E-state index contributed by atoms with van der Waals surface area (Å²) in [5, 5.41) is 4.57. The molecule has 0 spiro atoms. The molecule has 2 aromatic heterocycles. The van der Waals surface area contributed by atoms with E-state index in [4.69, 9.17) is 26.1 Å². The fourth-order valence-corrected chi connectivity index (χ4v) is 3.15. The molecule has 0 amide bonds. The largest absolute Gasteiger partial charge is 0.491 e. The smallest absolute Gasteiger partial charge is 0.227 e. The minimum Gasteiger partial charge on any atom is -0.491 e. The number of anilines is 1. The van der Waals surface area contributed by atoms with E-state index in [1.807, 2.05) is 36.5 Å². The van der Waals surface area contributed by atoms with E-state index in [-0.39, 0.29) is 0 Å². The Labute approximate surface area is 156 Å². The summed E-state index contributed by atoms with van der Waals surface area (Å²) in [5.41, 5.74) is 2.47. The van der Waals surface area contributed by atoms with Crippen LogP contribution in [0.25, 0.3) is 16.9 Å². The van der Waals surface area contributed by atoms with Crippen molar-refractivity contribution in [2.75, 3.05) is 38.3 Å². The van der Waals surface area contributed by atoms with Crippen molar-refractivity contribution in [1.29, 1.82) is 0 Å². The molecular weight excluding hydrogens is 354 g/mol. The monoisotopic (exact) mass is 371 g/mol. The maximum absolute atomic E-state index is 6.39. The van der Waals surface area contributed by atoms with E-state index >= 15 is 0 Å². The first kappa shape index (κ1) is 16.8. The van der Waals surface area contributed by atoms with Gasteiger partial charge in [0, 0.05) is 31.0 Å². The Hall–Kier alpha value is -2.64. The molecule has 0 radical (unpaired) electrons. The fraction of sp³-hybridized carbons (Fsp3) is 0.278. The highest BCUT2D eigenvalue weighted by Crippen LogP contribution is 2.35. The topological polar surface area (TPSA) is 65.3 Å². The third-order valence-corrected chi connectivity index (χ3v) is 4.46. The van der Waals surface area contributed by atoms with Gasteiger partial charge in [-0.25, -0.2) is 9.67 Å². The molecular formula is C18H18ClN5O2. The molecule has 7 nitrogen and oxygen atoms in total. The molecule has 1 fully saturated rings. The molecule has 134 valence electrons. The number of morpholine rings is 1. The molecule has 3 heterocycles. The number of hydrogen-bond acceptors (Lipinski definition) is 6. The third-order valence-electron chi connectivity index (χ3n) is 4.20. The summed E-state index contributed by atoms with van der Waals surface area (Å²) in [4.78, 5) is 11.2. The number of ether oxygens (including phenoxy) is 2. The second kappa shape index (κ2) is 7.31. The average molecular weight is 372 g/mol. The Morgan fingerprint density at radius 2 is 2.00 bits per heavy atom. The van der Waals surface area contributed by atoms with Gasteiger partial charge < -0.3 is 14.4 Å². The SMILES string of the molecule is COc1c(Cl)nc(N2CCOCC2)nc1-c1cccc(-n2cccn2)c1. The number of methoxy groups -OCH3 is 1. The van der Waals surface area contributed by atoms with Crippen LogP contribution >= 0.6 is 11.6 Å². The Morgan fingerprint density at radius 3 is 2.73 bits per heavy atom. The molecule has 1 aliphatic rings. The van der Waals surface area contributed by atoms with Gasteiger partial charge in [0.25, 0.3) is 0 Å². The van der Waals surface area contributed by atoms with Crippen LogP contribution in [0.4, 0.5) is 5.95 Å². The van der Waals surface area contributed by atoms with Crippen molar-refractivity contribution in [3.05, 3.63) is 47.9 Å². The molecule has 1 aromatic carbocycles. The number of benzene rings is 1. The zero-order valence-electron chi connectivity index (χ0n) is 14.3. The van der Waals surface area contributed by atoms with Crippen LogP contribution in [0.2, 0.25) is 5.15 Å². The Morgan fingerprint density at radius 1 is 1.15 bits per heavy atom. The van der Waals surface area contributed by atoms with Gasteiger partial charge in [0.2, 0.25) is 5.95 Å². The Kier molecular flexibility index (Phi) is 4.73. The van der Waals surface area contributed by atoms with Crippen LogP contribution in [-0.4, -0.2) is 53.2 Å². The summed E-state index contributed by atoms with van der Waals surface area (Å²) in [6, 6.07) is 9.78. The Balaban J connectivity index is 1.79. The van der Waals surface area contributed by atoms with Gasteiger partial charge in [-0.3, -0.25) is 0 Å². The van der Waals surface area contributed by atoms with Gasteiger partial charge in [0.05, 0.1) is 26.0 Å². The lowest BCUT2D eigenvalue weighted by atomic mass is 10.1. The van der Waals surface area contributed by atoms with Crippen LogP contribution in [0.3, 0.4) is 0 Å². The molecule has 0 bridgehead atoms. The van der Waals surface area contributed by atoms with Crippen LogP contribution in [-0.2, 0) is 4.74 Å². The minimum atomic E-state index is 0.295. The molecule has 0 saturated carbocycles. The predicted molar refractivity (Wildman–Crippen MR) is 99.2 cm³/mol. The van der Waals surface area contributed by atoms with Gasteiger partial charge in [-0.2, -0.15) is 10.1 Å². The molecule has 0 unspecified atom stereocenters. The van der Waals surface area contributed by atoms with Crippen molar-refractivity contribution in [3.8, 4) is 22.7 Å². The fourth-order valence-electron chi connectivity index (χ4n) is 2.91. The first-order valence-corrected chi connectivity index (χ1v) is 8.69. The van der Waals surface area contributed by atoms with Crippen LogP contribution < -0.4 is 9.64 Å². The molecule has 1 saturated heterocycles. The second-order valence-corrected chi connectivity index (χ2v) is 6.15. The van der Waals surface area contributed by atoms with E-state index in [2.05, 4.69) is 15.0 Å². The molecule has 1 aliphatic heterocycles. The lowest BCUT2D eigenvalue weighted by Gasteiger charge is -2.27. The van der Waals surface area contributed by atoms with Crippen molar-refractivity contribution in [2.45, 2.75) is 0 Å². The molecule has 3 aromatic rings. The molecule has 4 rings (SSSR count). The number of rotatable bonds is 4. The number of hydrogen-bond donors (Lipinski definition) is 0. The highest BCUT2D eigenvalue weighted by molar-refractivity contribution is 6.31. The summed E-state index contributed by atoms with van der Waals surface area (Å²) >= 11 is 6.39. The summed E-state index contributed by atoms with van der Waals surface area (Å²) in [7, 11) is 1.57. The highest BCUT2D eigenvalue weighted by Gasteiger charge is 2.20. The standard InChI is InChI=1S/C18H18ClN5O2/c1-25-16-15(13-4-2-5-14(12-13)24-7-3-6-20-24)21-18(22-17(16)19)23-8-10-26-11-9-23/h2-7,12H,8-11H2,1H3. The molecule has 8 heteroatoms. The van der Waals surface area contributed by atoms with Crippen molar-refractivity contribution >= 4 is 17.5 Å². The van der Waals surface area contributed by atoms with Gasteiger partial charge in [0.15, 0.2) is 10.9 Å². The van der Waals surface area contributed by atoms with Crippen molar-refractivity contribution < 1.29 is 9.47 Å². The van der Waals surface area contributed by atoms with Gasteiger partial charge >= 0.3 is 0 Å².